The first kappa shape index (κ1) is 15.6. The van der Waals surface area contributed by atoms with Crippen LogP contribution in [0.5, 0.6) is 0 Å². The molecule has 1 heterocycles. The zero-order chi connectivity index (χ0) is 17.1. The van der Waals surface area contributed by atoms with Crippen molar-refractivity contribution < 1.29 is 14.4 Å². The fraction of sp³-hybridized carbons (Fsp3) is 0.111. The van der Waals surface area contributed by atoms with Crippen molar-refractivity contribution in [2.24, 2.45) is 10.9 Å². The fourth-order valence-corrected chi connectivity index (χ4v) is 2.33. The molecule has 0 radical (unpaired) electrons. The monoisotopic (exact) mass is 321 g/mol. The van der Waals surface area contributed by atoms with Crippen LogP contribution in [-0.2, 0) is 9.59 Å². The van der Waals surface area contributed by atoms with Gasteiger partial charge in [0.25, 0.3) is 5.91 Å². The van der Waals surface area contributed by atoms with E-state index in [0.717, 1.165) is 10.5 Å². The van der Waals surface area contributed by atoms with Crippen molar-refractivity contribution in [2.75, 3.05) is 4.90 Å². The van der Waals surface area contributed by atoms with Crippen LogP contribution < -0.4 is 10.2 Å². The van der Waals surface area contributed by atoms with Crippen molar-refractivity contribution in [1.29, 1.82) is 0 Å². The second-order valence-electron chi connectivity index (χ2n) is 5.39. The van der Waals surface area contributed by atoms with Crippen LogP contribution in [0, 0.1) is 12.8 Å². The molecule has 24 heavy (non-hydrogen) atoms. The summed E-state index contributed by atoms with van der Waals surface area (Å²) in [6.45, 7) is 1.90. The quantitative estimate of drug-likeness (QED) is 0.697. The summed E-state index contributed by atoms with van der Waals surface area (Å²) in [6, 6.07) is 15.1. The summed E-state index contributed by atoms with van der Waals surface area (Å²) < 4.78 is 0. The van der Waals surface area contributed by atoms with Crippen LogP contribution in [0.15, 0.2) is 59.6 Å². The zero-order valence-electron chi connectivity index (χ0n) is 13.0. The number of carbonyl (C=O) groups is 3. The Morgan fingerprint density at radius 3 is 2.33 bits per heavy atom. The van der Waals surface area contributed by atoms with Crippen LogP contribution in [0.25, 0.3) is 0 Å². The molecule has 6 heteroatoms. The van der Waals surface area contributed by atoms with Crippen molar-refractivity contribution in [2.45, 2.75) is 6.92 Å². The maximum absolute atomic E-state index is 12.6. The number of aliphatic imine (C=N–C) groups is 1. The van der Waals surface area contributed by atoms with Crippen molar-refractivity contribution in [3.63, 3.8) is 0 Å². The molecule has 1 atom stereocenters. The molecule has 3 rings (SSSR count). The largest absolute Gasteiger partial charge is 0.335 e. The van der Waals surface area contributed by atoms with E-state index in [0.29, 0.717) is 11.4 Å². The first-order valence-electron chi connectivity index (χ1n) is 7.41. The van der Waals surface area contributed by atoms with Gasteiger partial charge in [-0.1, -0.05) is 35.9 Å². The van der Waals surface area contributed by atoms with E-state index in [-0.39, 0.29) is 0 Å². The lowest BCUT2D eigenvalue weighted by Crippen LogP contribution is -2.58. The first-order valence-corrected chi connectivity index (χ1v) is 7.41. The number of para-hydroxylation sites is 1. The van der Waals surface area contributed by atoms with Crippen molar-refractivity contribution >= 4 is 35.4 Å². The molecule has 0 spiro atoms. The molecular formula is C18H15N3O3. The highest BCUT2D eigenvalue weighted by atomic mass is 16.2. The first-order chi connectivity index (χ1) is 11.6. The molecule has 0 unspecified atom stereocenters. The van der Waals surface area contributed by atoms with E-state index in [2.05, 4.69) is 10.3 Å². The van der Waals surface area contributed by atoms with Gasteiger partial charge in [-0.3, -0.25) is 19.9 Å². The van der Waals surface area contributed by atoms with Crippen LogP contribution in [0.3, 0.4) is 0 Å². The van der Waals surface area contributed by atoms with Gasteiger partial charge in [-0.25, -0.2) is 9.69 Å². The van der Waals surface area contributed by atoms with Gasteiger partial charge in [-0.05, 0) is 31.2 Å². The minimum absolute atomic E-state index is 0.411. The Hall–Kier alpha value is -3.28. The van der Waals surface area contributed by atoms with Gasteiger partial charge in [0.2, 0.25) is 5.91 Å². The molecule has 6 nitrogen and oxygen atoms in total. The fourth-order valence-electron chi connectivity index (χ4n) is 2.33. The molecule has 0 saturated carbocycles. The number of hydrogen-bond donors (Lipinski definition) is 1. The van der Waals surface area contributed by atoms with Crippen LogP contribution in [0.4, 0.5) is 16.2 Å². The summed E-state index contributed by atoms with van der Waals surface area (Å²) in [7, 11) is 0. The highest BCUT2D eigenvalue weighted by Gasteiger charge is 2.40. The summed E-state index contributed by atoms with van der Waals surface area (Å²) in [6.07, 6.45) is 1.26. The molecule has 1 aliphatic heterocycles. The number of imide groups is 2. The number of nitrogens with one attached hydrogen (secondary N) is 1. The summed E-state index contributed by atoms with van der Waals surface area (Å²) >= 11 is 0. The van der Waals surface area contributed by atoms with Gasteiger partial charge >= 0.3 is 6.03 Å². The van der Waals surface area contributed by atoms with Gasteiger partial charge < -0.3 is 0 Å². The van der Waals surface area contributed by atoms with E-state index in [1.807, 2.05) is 13.0 Å². The predicted molar refractivity (Wildman–Crippen MR) is 90.3 cm³/mol. The topological polar surface area (TPSA) is 78.8 Å². The smallest absolute Gasteiger partial charge is 0.276 e. The standard InChI is InChI=1S/C18H15N3O3/c1-12-7-9-14(10-8-12)21-17(23)15(16(22)20-18(21)24)11-19-13-5-3-2-4-6-13/h2-11,15H,1H3,(H,20,22,24)/t15-/m0/s1. The Bertz CT molecular complexity index is 813. The summed E-state index contributed by atoms with van der Waals surface area (Å²) in [5.41, 5.74) is 2.03. The van der Waals surface area contributed by atoms with Gasteiger partial charge in [0.15, 0.2) is 5.92 Å². The third-order valence-corrected chi connectivity index (χ3v) is 3.62. The third kappa shape index (κ3) is 3.08. The molecule has 1 N–H and O–H groups in total. The van der Waals surface area contributed by atoms with Crippen LogP contribution in [0.1, 0.15) is 5.56 Å². The molecule has 1 saturated heterocycles. The lowest BCUT2D eigenvalue weighted by Gasteiger charge is -2.28. The second-order valence-corrected chi connectivity index (χ2v) is 5.39. The number of hydrogen-bond acceptors (Lipinski definition) is 4. The number of anilines is 1. The Balaban J connectivity index is 1.88. The summed E-state index contributed by atoms with van der Waals surface area (Å²) in [4.78, 5) is 41.8. The molecule has 1 fully saturated rings. The summed E-state index contributed by atoms with van der Waals surface area (Å²) in [5.74, 6) is -2.44. The van der Waals surface area contributed by atoms with E-state index in [1.54, 1.807) is 48.5 Å². The molecule has 0 aliphatic carbocycles. The van der Waals surface area contributed by atoms with E-state index in [9.17, 15) is 14.4 Å². The highest BCUT2D eigenvalue weighted by Crippen LogP contribution is 2.21. The normalized spacial score (nSPS) is 18.1. The molecule has 2 aromatic rings. The van der Waals surface area contributed by atoms with Gasteiger partial charge in [0, 0.05) is 6.21 Å². The molecular weight excluding hydrogens is 306 g/mol. The van der Waals surface area contributed by atoms with Crippen molar-refractivity contribution in [3.05, 3.63) is 60.2 Å². The number of aryl methyl sites for hydroxylation is 1. The maximum atomic E-state index is 12.6. The van der Waals surface area contributed by atoms with Crippen LogP contribution >= 0.6 is 0 Å². The lowest BCUT2D eigenvalue weighted by atomic mass is 10.1. The molecule has 4 amide bonds. The maximum Gasteiger partial charge on any atom is 0.335 e. The zero-order valence-corrected chi connectivity index (χ0v) is 13.0. The molecule has 0 aromatic heterocycles. The van der Waals surface area contributed by atoms with Crippen molar-refractivity contribution in [1.82, 2.24) is 5.32 Å². The minimum atomic E-state index is -1.15. The number of urea groups is 1. The van der Waals surface area contributed by atoms with E-state index in [1.165, 1.54) is 6.21 Å². The predicted octanol–water partition coefficient (Wildman–Crippen LogP) is 2.60. The van der Waals surface area contributed by atoms with Gasteiger partial charge in [0.05, 0.1) is 11.4 Å². The average Bonchev–Trinajstić information content (AvgIpc) is 2.57. The number of rotatable bonds is 3. The van der Waals surface area contributed by atoms with E-state index >= 15 is 0 Å². The number of benzene rings is 2. The second kappa shape index (κ2) is 6.45. The third-order valence-electron chi connectivity index (χ3n) is 3.62. The molecule has 120 valence electrons. The Labute approximate surface area is 138 Å². The highest BCUT2D eigenvalue weighted by molar-refractivity contribution is 6.32. The van der Waals surface area contributed by atoms with Gasteiger partial charge in [-0.2, -0.15) is 0 Å². The Kier molecular flexibility index (Phi) is 4.20. The molecule has 1 aliphatic rings. The Morgan fingerprint density at radius 2 is 1.67 bits per heavy atom. The number of amides is 4. The number of nitrogens with zero attached hydrogens (tertiary/aromatic N) is 2. The Morgan fingerprint density at radius 1 is 1.00 bits per heavy atom. The average molecular weight is 321 g/mol. The van der Waals surface area contributed by atoms with E-state index < -0.39 is 23.8 Å². The lowest BCUT2D eigenvalue weighted by molar-refractivity contribution is -0.131. The van der Waals surface area contributed by atoms with Gasteiger partial charge in [0.1, 0.15) is 0 Å². The van der Waals surface area contributed by atoms with Crippen LogP contribution in [0.2, 0.25) is 0 Å². The number of barbiturate groups is 1. The van der Waals surface area contributed by atoms with E-state index in [4.69, 9.17) is 0 Å². The van der Waals surface area contributed by atoms with Crippen LogP contribution in [-0.4, -0.2) is 24.1 Å². The van der Waals surface area contributed by atoms with Gasteiger partial charge in [-0.15, -0.1) is 0 Å². The van der Waals surface area contributed by atoms with Crippen molar-refractivity contribution in [3.8, 4) is 0 Å². The number of carbonyl (C=O) groups excluding carboxylic acids is 3. The summed E-state index contributed by atoms with van der Waals surface area (Å²) in [5, 5.41) is 2.20. The molecule has 0 bridgehead atoms. The molecule has 2 aromatic carbocycles. The SMILES string of the molecule is Cc1ccc(N2C(=O)NC(=O)[C@H](C=Nc3ccccc3)C2=O)cc1. The minimum Gasteiger partial charge on any atom is -0.276 e.